The van der Waals surface area contributed by atoms with Crippen LogP contribution in [0.3, 0.4) is 0 Å². The first-order chi connectivity index (χ1) is 8.69. The summed E-state index contributed by atoms with van der Waals surface area (Å²) in [4.78, 5) is 2.83. The number of nitrogens with one attached hydrogen (secondary N) is 1. The Morgan fingerprint density at radius 2 is 1.94 bits per heavy atom. The van der Waals surface area contributed by atoms with Crippen molar-refractivity contribution >= 4 is 0 Å². The molecule has 0 aliphatic carbocycles. The van der Waals surface area contributed by atoms with Crippen molar-refractivity contribution in [2.45, 2.75) is 90.8 Å². The van der Waals surface area contributed by atoms with Crippen molar-refractivity contribution in [1.82, 2.24) is 10.2 Å². The quantitative estimate of drug-likeness (QED) is 0.708. The zero-order valence-corrected chi connectivity index (χ0v) is 13.0. The number of hydrogen-bond acceptors (Lipinski definition) is 2. The number of piperidine rings is 1. The molecule has 108 valence electrons. The van der Waals surface area contributed by atoms with Gasteiger partial charge in [0, 0.05) is 24.7 Å². The van der Waals surface area contributed by atoms with Gasteiger partial charge in [0.25, 0.3) is 0 Å². The average molecular weight is 254 g/mol. The van der Waals surface area contributed by atoms with Gasteiger partial charge < -0.3 is 5.32 Å². The summed E-state index contributed by atoms with van der Waals surface area (Å²) in [6.07, 6.45) is 9.65. The molecule has 0 aromatic heterocycles. The molecule has 1 aliphatic heterocycles. The Balaban J connectivity index is 2.55. The van der Waals surface area contributed by atoms with Crippen LogP contribution in [0.15, 0.2) is 0 Å². The van der Waals surface area contributed by atoms with Crippen LogP contribution in [0.2, 0.25) is 0 Å². The van der Waals surface area contributed by atoms with Gasteiger partial charge in [0.15, 0.2) is 0 Å². The highest BCUT2D eigenvalue weighted by Gasteiger charge is 2.27. The fourth-order valence-electron chi connectivity index (χ4n) is 3.24. The van der Waals surface area contributed by atoms with Crippen molar-refractivity contribution in [2.24, 2.45) is 0 Å². The first kappa shape index (κ1) is 16.0. The van der Waals surface area contributed by atoms with Gasteiger partial charge in [-0.2, -0.15) is 0 Å². The molecule has 0 aromatic carbocycles. The highest BCUT2D eigenvalue weighted by atomic mass is 15.2. The van der Waals surface area contributed by atoms with Gasteiger partial charge in [-0.15, -0.1) is 0 Å². The van der Waals surface area contributed by atoms with Gasteiger partial charge in [-0.3, -0.25) is 4.90 Å². The molecule has 0 saturated carbocycles. The number of hydrogen-bond donors (Lipinski definition) is 1. The third-order valence-corrected chi connectivity index (χ3v) is 4.15. The summed E-state index contributed by atoms with van der Waals surface area (Å²) < 4.78 is 0. The fourth-order valence-corrected chi connectivity index (χ4v) is 3.24. The van der Waals surface area contributed by atoms with Crippen LogP contribution >= 0.6 is 0 Å². The molecule has 1 aliphatic rings. The Bertz CT molecular complexity index is 201. The van der Waals surface area contributed by atoms with E-state index in [1.165, 1.54) is 58.0 Å². The zero-order valence-electron chi connectivity index (χ0n) is 13.0. The van der Waals surface area contributed by atoms with E-state index in [0.29, 0.717) is 6.04 Å². The van der Waals surface area contributed by atoms with Crippen molar-refractivity contribution in [3.05, 3.63) is 0 Å². The molecular formula is C16H34N2. The third kappa shape index (κ3) is 5.27. The highest BCUT2D eigenvalue weighted by Crippen LogP contribution is 2.24. The van der Waals surface area contributed by atoms with Crippen molar-refractivity contribution < 1.29 is 0 Å². The normalized spacial score (nSPS) is 23.5. The lowest BCUT2D eigenvalue weighted by Crippen LogP contribution is -2.50. The van der Waals surface area contributed by atoms with Gasteiger partial charge in [0.05, 0.1) is 0 Å². The molecule has 2 heteroatoms. The minimum Gasteiger partial charge on any atom is -0.313 e. The Labute approximate surface area is 115 Å². The lowest BCUT2D eigenvalue weighted by molar-refractivity contribution is 0.0809. The maximum atomic E-state index is 3.65. The van der Waals surface area contributed by atoms with E-state index in [0.717, 1.165) is 12.1 Å². The number of nitrogens with zero attached hydrogens (tertiary/aromatic N) is 1. The Kier molecular flexibility index (Phi) is 7.92. The van der Waals surface area contributed by atoms with Gasteiger partial charge in [-0.05, 0) is 32.2 Å². The molecular weight excluding hydrogens is 220 g/mol. The molecule has 0 radical (unpaired) electrons. The van der Waals surface area contributed by atoms with E-state index in [2.05, 4.69) is 37.9 Å². The van der Waals surface area contributed by atoms with Crippen molar-refractivity contribution in [2.75, 3.05) is 13.1 Å². The maximum absolute atomic E-state index is 3.65. The van der Waals surface area contributed by atoms with E-state index in [1.54, 1.807) is 0 Å². The van der Waals surface area contributed by atoms with Gasteiger partial charge in [0.2, 0.25) is 0 Å². The summed E-state index contributed by atoms with van der Waals surface area (Å²) in [6.45, 7) is 11.7. The number of rotatable bonds is 8. The largest absolute Gasteiger partial charge is 0.313 e. The predicted molar refractivity (Wildman–Crippen MR) is 81.1 cm³/mol. The van der Waals surface area contributed by atoms with Crippen LogP contribution in [-0.4, -0.2) is 36.1 Å². The summed E-state index contributed by atoms with van der Waals surface area (Å²) in [7, 11) is 0. The monoisotopic (exact) mass is 254 g/mol. The zero-order chi connectivity index (χ0) is 13.4. The Morgan fingerprint density at radius 3 is 2.56 bits per heavy atom. The van der Waals surface area contributed by atoms with E-state index in [1.807, 2.05) is 0 Å². The van der Waals surface area contributed by atoms with Crippen molar-refractivity contribution in [1.29, 1.82) is 0 Å². The van der Waals surface area contributed by atoms with Crippen LogP contribution in [-0.2, 0) is 0 Å². The van der Waals surface area contributed by atoms with E-state index >= 15 is 0 Å². The molecule has 1 fully saturated rings. The van der Waals surface area contributed by atoms with E-state index < -0.39 is 0 Å². The summed E-state index contributed by atoms with van der Waals surface area (Å²) in [6, 6.07) is 2.22. The maximum Gasteiger partial charge on any atom is 0.0223 e. The summed E-state index contributed by atoms with van der Waals surface area (Å²) in [5, 5.41) is 3.65. The van der Waals surface area contributed by atoms with E-state index in [-0.39, 0.29) is 0 Å². The van der Waals surface area contributed by atoms with Crippen LogP contribution < -0.4 is 5.32 Å². The second-order valence-corrected chi connectivity index (χ2v) is 6.18. The molecule has 2 nitrogen and oxygen atoms in total. The first-order valence-corrected chi connectivity index (χ1v) is 8.18. The van der Waals surface area contributed by atoms with Crippen LogP contribution in [0, 0.1) is 0 Å². The molecule has 1 heterocycles. The first-order valence-electron chi connectivity index (χ1n) is 8.18. The van der Waals surface area contributed by atoms with Gasteiger partial charge >= 0.3 is 0 Å². The van der Waals surface area contributed by atoms with Crippen molar-refractivity contribution in [3.8, 4) is 0 Å². The average Bonchev–Trinajstić information content (AvgIpc) is 2.35. The molecule has 1 rings (SSSR count). The van der Waals surface area contributed by atoms with Crippen LogP contribution in [0.25, 0.3) is 0 Å². The summed E-state index contributed by atoms with van der Waals surface area (Å²) in [5.41, 5.74) is 0. The second kappa shape index (κ2) is 8.92. The lowest BCUT2D eigenvalue weighted by atomic mass is 9.95. The van der Waals surface area contributed by atoms with Crippen LogP contribution in [0.4, 0.5) is 0 Å². The van der Waals surface area contributed by atoms with E-state index in [4.69, 9.17) is 0 Å². The van der Waals surface area contributed by atoms with Crippen LogP contribution in [0.1, 0.15) is 72.6 Å². The molecule has 1 saturated heterocycles. The summed E-state index contributed by atoms with van der Waals surface area (Å²) in [5.74, 6) is 0. The molecule has 2 unspecified atom stereocenters. The topological polar surface area (TPSA) is 15.3 Å². The SMILES string of the molecule is CCCC1CCCCN1C(CCC)CNC(C)C. The second-order valence-electron chi connectivity index (χ2n) is 6.18. The minimum absolute atomic E-state index is 0.610. The highest BCUT2D eigenvalue weighted by molar-refractivity contribution is 4.84. The molecule has 0 spiro atoms. The smallest absolute Gasteiger partial charge is 0.0223 e. The summed E-state index contributed by atoms with van der Waals surface area (Å²) >= 11 is 0. The fraction of sp³-hybridized carbons (Fsp3) is 1.00. The van der Waals surface area contributed by atoms with Gasteiger partial charge in [-0.1, -0.05) is 47.0 Å². The van der Waals surface area contributed by atoms with Crippen LogP contribution in [0.5, 0.6) is 0 Å². The molecule has 0 amide bonds. The predicted octanol–water partition coefficient (Wildman–Crippen LogP) is 3.81. The number of likely N-dealkylation sites (tertiary alicyclic amines) is 1. The van der Waals surface area contributed by atoms with Crippen molar-refractivity contribution in [3.63, 3.8) is 0 Å². The standard InChI is InChI=1S/C16H34N2/c1-5-9-15-11-7-8-12-18(15)16(10-6-2)13-17-14(3)4/h14-17H,5-13H2,1-4H3. The molecule has 2 atom stereocenters. The Hall–Kier alpha value is -0.0800. The lowest BCUT2D eigenvalue weighted by Gasteiger charge is -2.42. The Morgan fingerprint density at radius 1 is 1.17 bits per heavy atom. The van der Waals surface area contributed by atoms with Gasteiger partial charge in [0.1, 0.15) is 0 Å². The molecule has 1 N–H and O–H groups in total. The van der Waals surface area contributed by atoms with E-state index in [9.17, 15) is 0 Å². The van der Waals surface area contributed by atoms with Gasteiger partial charge in [-0.25, -0.2) is 0 Å². The molecule has 0 bridgehead atoms. The molecule has 0 aromatic rings. The molecule has 18 heavy (non-hydrogen) atoms. The minimum atomic E-state index is 0.610. The third-order valence-electron chi connectivity index (χ3n) is 4.15.